The van der Waals surface area contributed by atoms with Gasteiger partial charge in [-0.05, 0) is 30.5 Å². The molecule has 4 aromatic rings. The number of hydrazone groups is 1. The third-order valence-corrected chi connectivity index (χ3v) is 6.16. The smallest absolute Gasteiger partial charge is 0.263 e. The van der Waals surface area contributed by atoms with Crippen LogP contribution in [0.2, 0.25) is 0 Å². The maximum absolute atomic E-state index is 12.9. The van der Waals surface area contributed by atoms with Crippen molar-refractivity contribution in [1.82, 2.24) is 14.3 Å². The number of nitrogens with zero attached hydrogens (tertiary/aromatic N) is 5. The minimum absolute atomic E-state index is 0.0891. The van der Waals surface area contributed by atoms with Crippen LogP contribution >= 0.6 is 0 Å². The molecule has 6 nitrogen and oxygen atoms in total. The van der Waals surface area contributed by atoms with Gasteiger partial charge in [0.05, 0.1) is 18.8 Å². The van der Waals surface area contributed by atoms with Crippen molar-refractivity contribution in [3.05, 3.63) is 117 Å². The summed E-state index contributed by atoms with van der Waals surface area (Å²) >= 11 is 0. The average molecular weight is 438 g/mol. The topological polar surface area (TPSA) is 55.4 Å². The fourth-order valence-corrected chi connectivity index (χ4v) is 4.23. The second kappa shape index (κ2) is 8.54. The van der Waals surface area contributed by atoms with Gasteiger partial charge in [-0.15, -0.1) is 5.10 Å². The maximum Gasteiger partial charge on any atom is 0.347 e. The molecule has 0 aliphatic carbocycles. The van der Waals surface area contributed by atoms with Crippen molar-refractivity contribution in [2.45, 2.75) is 26.3 Å². The van der Waals surface area contributed by atoms with Gasteiger partial charge in [-0.2, -0.15) is 5.10 Å². The monoisotopic (exact) mass is 437 g/mol. The van der Waals surface area contributed by atoms with Gasteiger partial charge in [0.2, 0.25) is 5.95 Å². The summed E-state index contributed by atoms with van der Waals surface area (Å²) < 4.78 is 3.09. The molecule has 5 rings (SSSR count). The first-order chi connectivity index (χ1) is 16.0. The van der Waals surface area contributed by atoms with E-state index in [1.807, 2.05) is 35.3 Å². The minimum atomic E-state index is -0.152. The number of benzene rings is 3. The molecule has 6 heteroatoms. The summed E-state index contributed by atoms with van der Waals surface area (Å²) in [5, 5.41) is 11.5. The van der Waals surface area contributed by atoms with E-state index in [0.29, 0.717) is 19.0 Å². The number of rotatable bonds is 5. The predicted octanol–water partition coefficient (Wildman–Crippen LogP) is 4.26. The summed E-state index contributed by atoms with van der Waals surface area (Å²) in [7, 11) is 1.76. The van der Waals surface area contributed by atoms with Gasteiger partial charge in [-0.25, -0.2) is 14.5 Å². The Balaban J connectivity index is 1.51. The Bertz CT molecular complexity index is 1350. The van der Waals surface area contributed by atoms with Gasteiger partial charge in [-0.3, -0.25) is 4.57 Å². The number of anilines is 1. The molecule has 1 atom stereocenters. The maximum atomic E-state index is 12.9. The summed E-state index contributed by atoms with van der Waals surface area (Å²) in [6, 6.07) is 27.0. The number of aryl methyl sites for hydroxylation is 2. The second-order valence-electron chi connectivity index (χ2n) is 8.68. The molecule has 0 unspecified atom stereocenters. The molecule has 2 heterocycles. The SMILES string of the molecule is Cc1ccc(Cn2nc(N3C[C@@H](c4ccccc4)C(c4ccc(C)cc4)=N3)n(C)c2=O)cc1. The van der Waals surface area contributed by atoms with Crippen molar-refractivity contribution in [2.24, 2.45) is 12.1 Å². The summed E-state index contributed by atoms with van der Waals surface area (Å²) in [5.74, 6) is 0.640. The van der Waals surface area contributed by atoms with Gasteiger partial charge in [-0.1, -0.05) is 90.0 Å². The van der Waals surface area contributed by atoms with Crippen LogP contribution in [0.25, 0.3) is 0 Å². The van der Waals surface area contributed by atoms with Gasteiger partial charge < -0.3 is 0 Å². The average Bonchev–Trinajstić information content (AvgIpc) is 3.39. The summed E-state index contributed by atoms with van der Waals surface area (Å²) in [4.78, 5) is 12.9. The van der Waals surface area contributed by atoms with E-state index >= 15 is 0 Å². The second-order valence-corrected chi connectivity index (χ2v) is 8.68. The van der Waals surface area contributed by atoms with E-state index in [0.717, 1.165) is 16.8 Å². The zero-order valence-corrected chi connectivity index (χ0v) is 19.1. The lowest BCUT2D eigenvalue weighted by Crippen LogP contribution is -2.25. The van der Waals surface area contributed by atoms with Crippen molar-refractivity contribution in [3.63, 3.8) is 0 Å². The van der Waals surface area contributed by atoms with E-state index < -0.39 is 0 Å². The fourth-order valence-electron chi connectivity index (χ4n) is 4.23. The van der Waals surface area contributed by atoms with E-state index in [2.05, 4.69) is 67.5 Å². The highest BCUT2D eigenvalue weighted by Gasteiger charge is 2.32. The highest BCUT2D eigenvalue weighted by Crippen LogP contribution is 2.31. The molecular formula is C27H27N5O. The third-order valence-electron chi connectivity index (χ3n) is 6.16. The number of hydrogen-bond acceptors (Lipinski definition) is 4. The Labute approximate surface area is 193 Å². The Morgan fingerprint density at radius 3 is 2.18 bits per heavy atom. The molecule has 1 aliphatic rings. The molecular weight excluding hydrogens is 410 g/mol. The molecule has 33 heavy (non-hydrogen) atoms. The van der Waals surface area contributed by atoms with Crippen molar-refractivity contribution in [3.8, 4) is 0 Å². The van der Waals surface area contributed by atoms with Crippen LogP contribution in [0.15, 0.2) is 88.8 Å². The van der Waals surface area contributed by atoms with Crippen LogP contribution in [0.1, 0.15) is 33.7 Å². The Morgan fingerprint density at radius 2 is 1.52 bits per heavy atom. The minimum Gasteiger partial charge on any atom is -0.263 e. The van der Waals surface area contributed by atoms with E-state index in [-0.39, 0.29) is 11.6 Å². The lowest BCUT2D eigenvalue weighted by molar-refractivity contribution is 0.645. The highest BCUT2D eigenvalue weighted by atomic mass is 16.2. The van der Waals surface area contributed by atoms with Crippen molar-refractivity contribution < 1.29 is 0 Å². The molecule has 166 valence electrons. The van der Waals surface area contributed by atoms with Gasteiger partial charge in [0.1, 0.15) is 0 Å². The molecule has 0 radical (unpaired) electrons. The molecule has 1 aromatic heterocycles. The van der Waals surface area contributed by atoms with Crippen molar-refractivity contribution in [1.29, 1.82) is 0 Å². The van der Waals surface area contributed by atoms with Crippen LogP contribution in [0.5, 0.6) is 0 Å². The zero-order valence-electron chi connectivity index (χ0n) is 19.1. The van der Waals surface area contributed by atoms with E-state index in [4.69, 9.17) is 5.10 Å². The highest BCUT2D eigenvalue weighted by molar-refractivity contribution is 6.07. The zero-order chi connectivity index (χ0) is 22.9. The predicted molar refractivity (Wildman–Crippen MR) is 132 cm³/mol. The van der Waals surface area contributed by atoms with E-state index in [9.17, 15) is 4.79 Å². The number of hydrogen-bond donors (Lipinski definition) is 0. The summed E-state index contributed by atoms with van der Waals surface area (Å²) in [6.07, 6.45) is 0. The van der Waals surface area contributed by atoms with Crippen LogP contribution in [0.3, 0.4) is 0 Å². The lowest BCUT2D eigenvalue weighted by atomic mass is 9.90. The molecule has 0 bridgehead atoms. The fraction of sp³-hybridized carbons (Fsp3) is 0.222. The van der Waals surface area contributed by atoms with E-state index in [1.54, 1.807) is 11.6 Å². The Morgan fingerprint density at radius 1 is 0.879 bits per heavy atom. The van der Waals surface area contributed by atoms with Gasteiger partial charge in [0.25, 0.3) is 0 Å². The van der Waals surface area contributed by atoms with E-state index in [1.165, 1.54) is 21.4 Å². The first-order valence-corrected chi connectivity index (χ1v) is 11.2. The molecule has 0 amide bonds. The van der Waals surface area contributed by atoms with Crippen molar-refractivity contribution in [2.75, 3.05) is 11.6 Å². The standard InChI is InChI=1S/C27H27N5O/c1-19-9-13-21(14-10-19)17-32-27(33)30(3)26(29-32)31-18-24(22-7-5-4-6-8-22)25(28-31)23-15-11-20(2)12-16-23/h4-16,24H,17-18H2,1-3H3/t24-/m0/s1. The molecule has 0 fully saturated rings. The summed E-state index contributed by atoms with van der Waals surface area (Å²) in [5.41, 5.74) is 6.56. The van der Waals surface area contributed by atoms with Crippen molar-refractivity contribution >= 4 is 11.7 Å². The molecule has 0 spiro atoms. The lowest BCUT2D eigenvalue weighted by Gasteiger charge is -2.15. The molecule has 0 saturated carbocycles. The first-order valence-electron chi connectivity index (χ1n) is 11.2. The molecule has 1 aliphatic heterocycles. The normalized spacial score (nSPS) is 15.7. The summed E-state index contributed by atoms with van der Waals surface area (Å²) in [6.45, 7) is 5.19. The van der Waals surface area contributed by atoms with Crippen LogP contribution < -0.4 is 10.7 Å². The van der Waals surface area contributed by atoms with Crippen LogP contribution in [-0.4, -0.2) is 26.6 Å². The molecule has 0 N–H and O–H groups in total. The third kappa shape index (κ3) is 4.12. The molecule has 0 saturated heterocycles. The Kier molecular flexibility index (Phi) is 5.42. The van der Waals surface area contributed by atoms with Gasteiger partial charge in [0, 0.05) is 13.0 Å². The van der Waals surface area contributed by atoms with Crippen LogP contribution in [-0.2, 0) is 13.6 Å². The quantitative estimate of drug-likeness (QED) is 0.469. The van der Waals surface area contributed by atoms with Crippen LogP contribution in [0, 0.1) is 13.8 Å². The van der Waals surface area contributed by atoms with Gasteiger partial charge in [0.15, 0.2) is 0 Å². The first kappa shape index (κ1) is 20.9. The van der Waals surface area contributed by atoms with Gasteiger partial charge >= 0.3 is 5.69 Å². The Hall–Kier alpha value is -3.93. The van der Waals surface area contributed by atoms with Crippen LogP contribution in [0.4, 0.5) is 5.95 Å². The number of aromatic nitrogens is 3. The molecule has 3 aromatic carbocycles. The largest absolute Gasteiger partial charge is 0.347 e.